The molecule has 5 nitrogen and oxygen atoms in total. The first-order valence-corrected chi connectivity index (χ1v) is 6.16. The van der Waals surface area contributed by atoms with Crippen LogP contribution in [0.2, 0.25) is 0 Å². The molecule has 98 valence electrons. The van der Waals surface area contributed by atoms with Crippen molar-refractivity contribution in [2.75, 3.05) is 13.6 Å². The average Bonchev–Trinajstić information content (AvgIpc) is 2.25. The molecule has 0 bridgehead atoms. The molecule has 1 aliphatic rings. The van der Waals surface area contributed by atoms with Crippen LogP contribution in [0.4, 0.5) is 5.69 Å². The van der Waals surface area contributed by atoms with Crippen molar-refractivity contribution >= 4 is 5.69 Å². The van der Waals surface area contributed by atoms with E-state index in [0.29, 0.717) is 11.7 Å². The van der Waals surface area contributed by atoms with Crippen molar-refractivity contribution in [1.29, 1.82) is 0 Å². The largest absolute Gasteiger partial charge is 0.490 e. The Balaban J connectivity index is 1.96. The van der Waals surface area contributed by atoms with Gasteiger partial charge in [0.2, 0.25) is 0 Å². The summed E-state index contributed by atoms with van der Waals surface area (Å²) in [5.74, 6) is 1.27. The van der Waals surface area contributed by atoms with Gasteiger partial charge < -0.3 is 10.1 Å². The Bertz CT molecular complexity index is 442. The number of rotatable bonds is 5. The van der Waals surface area contributed by atoms with Gasteiger partial charge in [0, 0.05) is 6.07 Å². The third-order valence-electron chi connectivity index (χ3n) is 3.23. The highest BCUT2D eigenvalue weighted by atomic mass is 16.6. The monoisotopic (exact) mass is 250 g/mol. The van der Waals surface area contributed by atoms with Crippen LogP contribution in [0.3, 0.4) is 0 Å². The number of ether oxygens (including phenoxy) is 1. The Labute approximate surface area is 106 Å². The number of nitro groups is 1. The molecule has 18 heavy (non-hydrogen) atoms. The fraction of sp³-hybridized carbons (Fsp3) is 0.538. The maximum atomic E-state index is 10.8. The molecule has 2 rings (SSSR count). The molecule has 0 unspecified atom stereocenters. The second-order valence-corrected chi connectivity index (χ2v) is 4.90. The molecule has 1 aromatic carbocycles. The van der Waals surface area contributed by atoms with E-state index in [-0.39, 0.29) is 16.7 Å². The Hall–Kier alpha value is -1.62. The zero-order chi connectivity index (χ0) is 13.1. The highest BCUT2D eigenvalue weighted by molar-refractivity contribution is 5.42. The SMILES string of the molecule is CNCC1CC(Oc2cc(C)cc([N+](=O)[O-])c2)C1. The average molecular weight is 250 g/mol. The molecule has 1 aromatic rings. The number of non-ortho nitro benzene ring substituents is 1. The number of nitrogens with one attached hydrogen (secondary N) is 1. The van der Waals surface area contributed by atoms with Gasteiger partial charge in [-0.25, -0.2) is 0 Å². The van der Waals surface area contributed by atoms with Gasteiger partial charge in [0.05, 0.1) is 17.1 Å². The molecule has 0 atom stereocenters. The van der Waals surface area contributed by atoms with E-state index in [2.05, 4.69) is 5.32 Å². The lowest BCUT2D eigenvalue weighted by molar-refractivity contribution is -0.385. The van der Waals surface area contributed by atoms with Crippen LogP contribution in [0.1, 0.15) is 18.4 Å². The standard InChI is InChI=1S/C13H18N2O3/c1-9-3-11(15(16)17)7-12(4-9)18-13-5-10(6-13)8-14-2/h3-4,7,10,13-14H,5-6,8H2,1-2H3. The maximum Gasteiger partial charge on any atom is 0.273 e. The molecule has 1 fully saturated rings. The molecule has 0 amide bonds. The molecule has 0 radical (unpaired) electrons. The van der Waals surface area contributed by atoms with Gasteiger partial charge in [-0.05, 0) is 50.9 Å². The third kappa shape index (κ3) is 2.98. The summed E-state index contributed by atoms with van der Waals surface area (Å²) in [6.45, 7) is 2.85. The number of hydrogen-bond acceptors (Lipinski definition) is 4. The van der Waals surface area contributed by atoms with Crippen LogP contribution < -0.4 is 10.1 Å². The topological polar surface area (TPSA) is 64.4 Å². The highest BCUT2D eigenvalue weighted by Gasteiger charge is 2.30. The van der Waals surface area contributed by atoms with Gasteiger partial charge in [-0.3, -0.25) is 10.1 Å². The highest BCUT2D eigenvalue weighted by Crippen LogP contribution is 2.32. The third-order valence-corrected chi connectivity index (χ3v) is 3.23. The first-order valence-electron chi connectivity index (χ1n) is 6.16. The number of hydrogen-bond donors (Lipinski definition) is 1. The van der Waals surface area contributed by atoms with Crippen molar-refractivity contribution in [3.05, 3.63) is 33.9 Å². The number of nitrogens with zero attached hydrogens (tertiary/aromatic N) is 1. The second kappa shape index (κ2) is 5.35. The van der Waals surface area contributed by atoms with Crippen LogP contribution in [0.15, 0.2) is 18.2 Å². The molecule has 0 aliphatic heterocycles. The molecule has 1 aliphatic carbocycles. The van der Waals surface area contributed by atoms with Crippen LogP contribution in [0, 0.1) is 23.0 Å². The Kier molecular flexibility index (Phi) is 3.81. The van der Waals surface area contributed by atoms with Crippen molar-refractivity contribution in [3.63, 3.8) is 0 Å². The van der Waals surface area contributed by atoms with Gasteiger partial charge in [0.25, 0.3) is 5.69 Å². The Morgan fingerprint density at radius 1 is 1.44 bits per heavy atom. The zero-order valence-corrected chi connectivity index (χ0v) is 10.7. The summed E-state index contributed by atoms with van der Waals surface area (Å²) in [5.41, 5.74) is 0.946. The van der Waals surface area contributed by atoms with Gasteiger partial charge in [0.15, 0.2) is 0 Å². The first-order chi connectivity index (χ1) is 8.58. The van der Waals surface area contributed by atoms with Crippen molar-refractivity contribution in [2.24, 2.45) is 5.92 Å². The van der Waals surface area contributed by atoms with E-state index in [0.717, 1.165) is 24.9 Å². The van der Waals surface area contributed by atoms with E-state index in [4.69, 9.17) is 4.74 Å². The molecule has 0 saturated heterocycles. The summed E-state index contributed by atoms with van der Waals surface area (Å²) in [6.07, 6.45) is 2.23. The summed E-state index contributed by atoms with van der Waals surface area (Å²) in [6, 6.07) is 4.90. The Morgan fingerprint density at radius 2 is 2.17 bits per heavy atom. The second-order valence-electron chi connectivity index (χ2n) is 4.90. The molecule has 1 saturated carbocycles. The van der Waals surface area contributed by atoms with Gasteiger partial charge in [-0.2, -0.15) is 0 Å². The van der Waals surface area contributed by atoms with Gasteiger partial charge in [-0.1, -0.05) is 0 Å². The molecule has 0 heterocycles. The normalized spacial score (nSPS) is 22.3. The lowest BCUT2D eigenvalue weighted by atomic mass is 9.82. The molecule has 0 spiro atoms. The number of nitro benzene ring substituents is 1. The molecular formula is C13H18N2O3. The minimum atomic E-state index is -0.384. The van der Waals surface area contributed by atoms with Crippen LogP contribution in [-0.4, -0.2) is 24.6 Å². The summed E-state index contributed by atoms with van der Waals surface area (Å²) in [5, 5.41) is 13.9. The van der Waals surface area contributed by atoms with Crippen molar-refractivity contribution in [2.45, 2.75) is 25.9 Å². The summed E-state index contributed by atoms with van der Waals surface area (Å²) in [4.78, 5) is 10.4. The van der Waals surface area contributed by atoms with E-state index in [9.17, 15) is 10.1 Å². The van der Waals surface area contributed by atoms with Crippen LogP contribution >= 0.6 is 0 Å². The number of benzene rings is 1. The fourth-order valence-electron chi connectivity index (χ4n) is 2.32. The van der Waals surface area contributed by atoms with Crippen molar-refractivity contribution in [3.8, 4) is 5.75 Å². The van der Waals surface area contributed by atoms with Crippen LogP contribution in [0.25, 0.3) is 0 Å². The van der Waals surface area contributed by atoms with Gasteiger partial charge >= 0.3 is 0 Å². The molecule has 5 heteroatoms. The lowest BCUT2D eigenvalue weighted by Gasteiger charge is -2.35. The molecule has 1 N–H and O–H groups in total. The van der Waals surface area contributed by atoms with E-state index in [1.807, 2.05) is 20.0 Å². The van der Waals surface area contributed by atoms with Crippen LogP contribution in [-0.2, 0) is 0 Å². The molecular weight excluding hydrogens is 232 g/mol. The first kappa shape index (κ1) is 12.8. The predicted molar refractivity (Wildman–Crippen MR) is 68.9 cm³/mol. The quantitative estimate of drug-likeness (QED) is 0.643. The van der Waals surface area contributed by atoms with Crippen molar-refractivity contribution < 1.29 is 9.66 Å². The number of aryl methyl sites for hydroxylation is 1. The lowest BCUT2D eigenvalue weighted by Crippen LogP contribution is -2.38. The maximum absolute atomic E-state index is 10.8. The summed E-state index contributed by atoms with van der Waals surface area (Å²) in [7, 11) is 1.94. The van der Waals surface area contributed by atoms with Gasteiger partial charge in [0.1, 0.15) is 5.75 Å². The summed E-state index contributed by atoms with van der Waals surface area (Å²) >= 11 is 0. The smallest absolute Gasteiger partial charge is 0.273 e. The Morgan fingerprint density at radius 3 is 2.78 bits per heavy atom. The van der Waals surface area contributed by atoms with E-state index < -0.39 is 0 Å². The van der Waals surface area contributed by atoms with Crippen molar-refractivity contribution in [1.82, 2.24) is 5.32 Å². The minimum absolute atomic E-state index is 0.0936. The van der Waals surface area contributed by atoms with E-state index in [1.165, 1.54) is 6.07 Å². The zero-order valence-electron chi connectivity index (χ0n) is 10.7. The van der Waals surface area contributed by atoms with Gasteiger partial charge in [-0.15, -0.1) is 0 Å². The predicted octanol–water partition coefficient (Wildman–Crippen LogP) is 2.28. The van der Waals surface area contributed by atoms with E-state index in [1.54, 1.807) is 6.07 Å². The molecule has 0 aromatic heterocycles. The van der Waals surface area contributed by atoms with E-state index >= 15 is 0 Å². The fourth-order valence-corrected chi connectivity index (χ4v) is 2.32. The van der Waals surface area contributed by atoms with Crippen LogP contribution in [0.5, 0.6) is 5.75 Å². The summed E-state index contributed by atoms with van der Waals surface area (Å²) < 4.78 is 5.77. The minimum Gasteiger partial charge on any atom is -0.490 e.